The lowest BCUT2D eigenvalue weighted by Crippen LogP contribution is -2.26. The summed E-state index contributed by atoms with van der Waals surface area (Å²) in [7, 11) is 0. The number of allylic oxidation sites excluding steroid dienone is 5. The van der Waals surface area contributed by atoms with Gasteiger partial charge in [-0.25, -0.2) is 15.0 Å². The molecule has 460 valence electrons. The van der Waals surface area contributed by atoms with Crippen LogP contribution in [0.25, 0.3) is 151 Å². The Morgan fingerprint density at radius 2 is 0.490 bits per heavy atom. The highest BCUT2D eigenvalue weighted by molar-refractivity contribution is 5.99. The molecule has 0 saturated carbocycles. The molecule has 1 unspecified atom stereocenters. The molecule has 0 fully saturated rings. The molecule has 0 radical (unpaired) electrons. The smallest absolute Gasteiger partial charge is 0.164 e. The van der Waals surface area contributed by atoms with E-state index in [2.05, 4.69) is 371 Å². The van der Waals surface area contributed by atoms with Crippen molar-refractivity contribution in [1.29, 1.82) is 0 Å². The monoisotopic (exact) mass is 1250 g/mol. The second kappa shape index (κ2) is 25.2. The Hall–Kier alpha value is -12.7. The second-order valence-electron chi connectivity index (χ2n) is 25.4. The zero-order valence-electron chi connectivity index (χ0n) is 54.2. The number of nitrogens with zero attached hydrogens (tertiary/aromatic N) is 3. The summed E-state index contributed by atoms with van der Waals surface area (Å²) in [5.41, 5.74) is 33.2. The largest absolute Gasteiger partial charge is 0.208 e. The molecule has 1 spiro atoms. The van der Waals surface area contributed by atoms with Crippen LogP contribution in [-0.4, -0.2) is 15.0 Å². The Labute approximate surface area is 573 Å². The molecule has 1 aromatic heterocycles. The van der Waals surface area contributed by atoms with Crippen molar-refractivity contribution in [2.75, 3.05) is 0 Å². The molecule has 15 aromatic rings. The van der Waals surface area contributed by atoms with Crippen molar-refractivity contribution in [2.45, 2.75) is 12.3 Å². The van der Waals surface area contributed by atoms with Crippen LogP contribution >= 0.6 is 0 Å². The van der Waals surface area contributed by atoms with E-state index in [1.807, 2.05) is 6.08 Å². The van der Waals surface area contributed by atoms with Crippen LogP contribution in [0.4, 0.5) is 0 Å². The summed E-state index contributed by atoms with van der Waals surface area (Å²) in [6, 6.07) is 125. The van der Waals surface area contributed by atoms with E-state index >= 15 is 0 Å². The molecule has 1 heterocycles. The predicted octanol–water partition coefficient (Wildman–Crippen LogP) is 24.7. The van der Waals surface area contributed by atoms with Gasteiger partial charge in [-0.3, -0.25) is 0 Å². The first-order valence-corrected chi connectivity index (χ1v) is 33.6. The predicted molar refractivity (Wildman–Crippen MR) is 409 cm³/mol. The molecular formula is C95H65N3. The van der Waals surface area contributed by atoms with E-state index < -0.39 is 5.41 Å². The van der Waals surface area contributed by atoms with Gasteiger partial charge in [0.15, 0.2) is 17.5 Å². The Balaban J connectivity index is 0.685. The zero-order chi connectivity index (χ0) is 65.5. The van der Waals surface area contributed by atoms with Crippen LogP contribution in [0.15, 0.2) is 376 Å². The van der Waals surface area contributed by atoms with Gasteiger partial charge in [0.25, 0.3) is 0 Å². The summed E-state index contributed by atoms with van der Waals surface area (Å²) >= 11 is 0. The molecule has 3 heteroatoms. The molecular weight excluding hydrogens is 1180 g/mol. The molecule has 17 rings (SSSR count). The quantitative estimate of drug-likeness (QED) is 0.109. The van der Waals surface area contributed by atoms with E-state index in [1.54, 1.807) is 0 Å². The Morgan fingerprint density at radius 1 is 0.235 bits per heavy atom. The average Bonchev–Trinajstić information content (AvgIpc) is 1.51. The van der Waals surface area contributed by atoms with Gasteiger partial charge in [-0.2, -0.15) is 0 Å². The van der Waals surface area contributed by atoms with E-state index in [0.29, 0.717) is 17.5 Å². The Kier molecular flexibility index (Phi) is 15.2. The third-order valence-electron chi connectivity index (χ3n) is 19.7. The number of aromatic nitrogens is 3. The van der Waals surface area contributed by atoms with Gasteiger partial charge in [-0.05, 0) is 194 Å². The summed E-state index contributed by atoms with van der Waals surface area (Å²) in [6.07, 6.45) is 6.52. The third kappa shape index (κ3) is 10.7. The van der Waals surface area contributed by atoms with Crippen LogP contribution < -0.4 is 0 Å². The highest BCUT2D eigenvalue weighted by Crippen LogP contribution is 2.63. The van der Waals surface area contributed by atoms with E-state index in [0.717, 1.165) is 72.3 Å². The number of hydrogen-bond acceptors (Lipinski definition) is 3. The van der Waals surface area contributed by atoms with Gasteiger partial charge in [0.2, 0.25) is 0 Å². The summed E-state index contributed by atoms with van der Waals surface area (Å²) in [5, 5.41) is 0. The van der Waals surface area contributed by atoms with E-state index in [-0.39, 0.29) is 0 Å². The molecule has 2 aliphatic rings. The average molecular weight is 1250 g/mol. The first-order chi connectivity index (χ1) is 48.4. The standard InChI is InChI=1S/C95H65N3/c1-3-21-88-84(4-2)85-38-11-13-40-89(85)95(88)90-41-14-12-39-86(90)87-55-54-83(62-91(87)95)82-37-20-36-81(61-82)80-35-19-30-75(60-80)67-46-52-70(53-47-67)94-97-92(68-48-42-65(43-49-68)73-28-17-33-78(58-73)76-31-15-26-71(56-76)63-22-7-5-8-23-63)96-93(98-94)69-50-44-66(45-51-69)74-29-18-34-79(59-74)77-32-16-27-72(57-77)64-24-9-6-10-25-64/h3-62H,2H2,1H3/b21-3-. The molecule has 0 saturated heterocycles. The van der Waals surface area contributed by atoms with Crippen molar-refractivity contribution in [2.24, 2.45) is 0 Å². The zero-order valence-corrected chi connectivity index (χ0v) is 54.2. The van der Waals surface area contributed by atoms with Crippen molar-refractivity contribution in [3.8, 4) is 145 Å². The highest BCUT2D eigenvalue weighted by atomic mass is 15.0. The highest BCUT2D eigenvalue weighted by Gasteiger charge is 2.51. The normalized spacial score (nSPS) is 13.6. The van der Waals surface area contributed by atoms with Gasteiger partial charge in [0.05, 0.1) is 5.41 Å². The van der Waals surface area contributed by atoms with Crippen LogP contribution in [0.2, 0.25) is 0 Å². The van der Waals surface area contributed by atoms with E-state index in [9.17, 15) is 0 Å². The molecule has 3 nitrogen and oxygen atoms in total. The first kappa shape index (κ1) is 59.1. The molecule has 14 aromatic carbocycles. The maximum Gasteiger partial charge on any atom is 0.164 e. The lowest BCUT2D eigenvalue weighted by Gasteiger charge is -2.32. The molecule has 0 amide bonds. The molecule has 0 aliphatic heterocycles. The topological polar surface area (TPSA) is 38.7 Å². The number of rotatable bonds is 14. The molecule has 2 aliphatic carbocycles. The van der Waals surface area contributed by atoms with Gasteiger partial charge in [-0.1, -0.05) is 328 Å². The number of benzene rings is 14. The number of fused-ring (bicyclic) bond motifs is 7. The fraction of sp³-hybridized carbons (Fsp3) is 0.0211. The minimum atomic E-state index is -0.469. The molecule has 0 bridgehead atoms. The van der Waals surface area contributed by atoms with Crippen LogP contribution in [-0.2, 0) is 5.41 Å². The summed E-state index contributed by atoms with van der Waals surface area (Å²) in [6.45, 7) is 6.47. The fourth-order valence-corrected chi connectivity index (χ4v) is 14.9. The van der Waals surface area contributed by atoms with Crippen molar-refractivity contribution >= 4 is 5.57 Å². The number of hydrogen-bond donors (Lipinski definition) is 0. The van der Waals surface area contributed by atoms with E-state index in [1.165, 1.54) is 89.0 Å². The van der Waals surface area contributed by atoms with Crippen molar-refractivity contribution in [3.05, 3.63) is 398 Å². The molecule has 1 atom stereocenters. The van der Waals surface area contributed by atoms with Crippen molar-refractivity contribution in [1.82, 2.24) is 15.0 Å². The van der Waals surface area contributed by atoms with Crippen molar-refractivity contribution < 1.29 is 0 Å². The molecule has 98 heavy (non-hydrogen) atoms. The van der Waals surface area contributed by atoms with Gasteiger partial charge >= 0.3 is 0 Å². The van der Waals surface area contributed by atoms with Crippen LogP contribution in [0.5, 0.6) is 0 Å². The second-order valence-corrected chi connectivity index (χ2v) is 25.4. The van der Waals surface area contributed by atoms with E-state index in [4.69, 9.17) is 15.0 Å². The Morgan fingerprint density at radius 3 is 0.837 bits per heavy atom. The van der Waals surface area contributed by atoms with Crippen LogP contribution in [0.3, 0.4) is 0 Å². The lowest BCUT2D eigenvalue weighted by atomic mass is 9.69. The first-order valence-electron chi connectivity index (χ1n) is 33.6. The summed E-state index contributed by atoms with van der Waals surface area (Å²) < 4.78 is 0. The van der Waals surface area contributed by atoms with Gasteiger partial charge < -0.3 is 0 Å². The maximum atomic E-state index is 5.26. The van der Waals surface area contributed by atoms with Gasteiger partial charge in [0, 0.05) is 16.7 Å². The minimum Gasteiger partial charge on any atom is -0.208 e. The minimum absolute atomic E-state index is 0.469. The summed E-state index contributed by atoms with van der Waals surface area (Å²) in [4.78, 5) is 15.8. The summed E-state index contributed by atoms with van der Waals surface area (Å²) in [5.74, 6) is 1.80. The Bertz CT molecular complexity index is 5440. The third-order valence-corrected chi connectivity index (χ3v) is 19.7. The van der Waals surface area contributed by atoms with Gasteiger partial charge in [-0.15, -0.1) is 0 Å². The fourth-order valence-electron chi connectivity index (χ4n) is 14.9. The maximum absolute atomic E-state index is 5.26. The SMILES string of the molecule is C=CC1=C(/C=C\C)C2(c3ccccc31)c1ccccc1-c1ccc(-c3cccc(-c4cccc(-c5ccc(-c6nc(-c7ccc(-c8cccc(-c9cccc(-c%10ccccc%10)c9)c8)cc7)nc(-c7ccc(-c8cccc(-c9cccc(-c%10ccccc%10)c9)c8)cc7)n6)cc5)c4)c3)cc12. The van der Waals surface area contributed by atoms with Crippen molar-refractivity contribution in [3.63, 3.8) is 0 Å². The lowest BCUT2D eigenvalue weighted by molar-refractivity contribution is 0.786. The van der Waals surface area contributed by atoms with Gasteiger partial charge in [0.1, 0.15) is 0 Å². The van der Waals surface area contributed by atoms with Crippen LogP contribution in [0.1, 0.15) is 29.2 Å². The van der Waals surface area contributed by atoms with Crippen LogP contribution in [0, 0.1) is 0 Å². The molecule has 0 N–H and O–H groups in total.